The first-order valence-corrected chi connectivity index (χ1v) is 5.47. The molecule has 0 atom stereocenters. The molecule has 0 spiro atoms. The van der Waals surface area contributed by atoms with Crippen molar-refractivity contribution in [3.8, 4) is 11.5 Å². The van der Waals surface area contributed by atoms with Gasteiger partial charge in [0, 0.05) is 13.1 Å². The Morgan fingerprint density at radius 2 is 2.28 bits per heavy atom. The maximum Gasteiger partial charge on any atom is 0.317 e. The fourth-order valence-electron chi connectivity index (χ4n) is 1.65. The zero-order chi connectivity index (χ0) is 13.5. The smallest absolute Gasteiger partial charge is 0.317 e. The lowest BCUT2D eigenvalue weighted by atomic mass is 10.2. The molecule has 0 aliphatic carbocycles. The number of phenols is 1. The van der Waals surface area contributed by atoms with E-state index < -0.39 is 5.97 Å². The molecule has 0 aliphatic rings. The molecule has 1 rings (SSSR count). The van der Waals surface area contributed by atoms with Crippen molar-refractivity contribution < 1.29 is 19.7 Å². The van der Waals surface area contributed by atoms with E-state index in [1.807, 2.05) is 0 Å². The maximum absolute atomic E-state index is 10.7. The number of carboxylic acids is 1. The first-order chi connectivity index (χ1) is 8.56. The van der Waals surface area contributed by atoms with Crippen molar-refractivity contribution in [3.05, 3.63) is 36.4 Å². The normalized spacial score (nSPS) is 10.3. The topological polar surface area (TPSA) is 70.0 Å². The van der Waals surface area contributed by atoms with E-state index in [0.717, 1.165) is 5.56 Å². The van der Waals surface area contributed by atoms with E-state index in [9.17, 15) is 9.90 Å². The summed E-state index contributed by atoms with van der Waals surface area (Å²) in [6, 6.07) is 5.00. The number of hydrogen-bond donors (Lipinski definition) is 2. The average Bonchev–Trinajstić information content (AvgIpc) is 2.28. The van der Waals surface area contributed by atoms with Crippen LogP contribution in [0.1, 0.15) is 5.56 Å². The molecule has 5 heteroatoms. The highest BCUT2D eigenvalue weighted by Crippen LogP contribution is 2.26. The van der Waals surface area contributed by atoms with Gasteiger partial charge in [0.25, 0.3) is 0 Å². The van der Waals surface area contributed by atoms with E-state index in [1.54, 1.807) is 29.2 Å². The molecule has 0 unspecified atom stereocenters. The summed E-state index contributed by atoms with van der Waals surface area (Å²) in [7, 11) is 1.48. The van der Waals surface area contributed by atoms with Gasteiger partial charge in [0.1, 0.15) is 0 Å². The minimum absolute atomic E-state index is 0.0453. The molecule has 2 N–H and O–H groups in total. The number of hydrogen-bond acceptors (Lipinski definition) is 4. The predicted molar refractivity (Wildman–Crippen MR) is 67.8 cm³/mol. The Morgan fingerprint density at radius 1 is 1.56 bits per heavy atom. The van der Waals surface area contributed by atoms with Crippen LogP contribution in [0.5, 0.6) is 11.5 Å². The largest absolute Gasteiger partial charge is 0.504 e. The molecule has 5 nitrogen and oxygen atoms in total. The number of nitrogens with zero attached hydrogens (tertiary/aromatic N) is 1. The van der Waals surface area contributed by atoms with Gasteiger partial charge in [-0.05, 0) is 17.7 Å². The molecule has 0 radical (unpaired) electrons. The van der Waals surface area contributed by atoms with Crippen LogP contribution in [-0.2, 0) is 11.3 Å². The predicted octanol–water partition coefficient (Wildman–Crippen LogP) is 1.47. The Balaban J connectivity index is 2.76. The van der Waals surface area contributed by atoms with Crippen LogP contribution in [-0.4, -0.2) is 41.3 Å². The zero-order valence-corrected chi connectivity index (χ0v) is 10.3. The molecule has 18 heavy (non-hydrogen) atoms. The molecule has 0 saturated carbocycles. The van der Waals surface area contributed by atoms with Crippen molar-refractivity contribution >= 4 is 5.97 Å². The molecule has 0 aromatic heterocycles. The van der Waals surface area contributed by atoms with Crippen LogP contribution in [0.3, 0.4) is 0 Å². The SMILES string of the molecule is C=CCN(CC(=O)O)Cc1ccc(OC)c(O)c1. The Labute approximate surface area is 106 Å². The second-order valence-electron chi connectivity index (χ2n) is 3.86. The number of aliphatic carboxylic acids is 1. The van der Waals surface area contributed by atoms with E-state index in [1.165, 1.54) is 7.11 Å². The Bertz CT molecular complexity index is 431. The van der Waals surface area contributed by atoms with Gasteiger partial charge in [0.15, 0.2) is 11.5 Å². The molecule has 1 aromatic rings. The minimum atomic E-state index is -0.894. The van der Waals surface area contributed by atoms with Gasteiger partial charge < -0.3 is 14.9 Å². The summed E-state index contributed by atoms with van der Waals surface area (Å²) >= 11 is 0. The summed E-state index contributed by atoms with van der Waals surface area (Å²) in [6.45, 7) is 4.42. The number of rotatable bonds is 7. The van der Waals surface area contributed by atoms with E-state index in [4.69, 9.17) is 9.84 Å². The molecule has 0 aliphatic heterocycles. The molecule has 98 valence electrons. The summed E-state index contributed by atoms with van der Waals surface area (Å²) in [6.07, 6.45) is 1.65. The summed E-state index contributed by atoms with van der Waals surface area (Å²) in [5.41, 5.74) is 0.816. The lowest BCUT2D eigenvalue weighted by molar-refractivity contribution is -0.138. The fourth-order valence-corrected chi connectivity index (χ4v) is 1.65. The van der Waals surface area contributed by atoms with Crippen LogP contribution in [0, 0.1) is 0 Å². The number of aromatic hydroxyl groups is 1. The highest BCUT2D eigenvalue weighted by Gasteiger charge is 2.10. The van der Waals surface area contributed by atoms with Gasteiger partial charge in [0.2, 0.25) is 0 Å². The second kappa shape index (κ2) is 6.66. The first-order valence-electron chi connectivity index (χ1n) is 5.47. The van der Waals surface area contributed by atoms with Gasteiger partial charge in [0.05, 0.1) is 13.7 Å². The number of carboxylic acid groups (broad SMARTS) is 1. The molecule has 0 fully saturated rings. The molecule has 0 saturated heterocycles. The third-order valence-corrected chi connectivity index (χ3v) is 2.40. The van der Waals surface area contributed by atoms with Crippen molar-refractivity contribution in [2.24, 2.45) is 0 Å². The first kappa shape index (κ1) is 14.1. The zero-order valence-electron chi connectivity index (χ0n) is 10.3. The molecule has 0 amide bonds. The summed E-state index contributed by atoms with van der Waals surface area (Å²) in [4.78, 5) is 12.4. The molecule has 0 heterocycles. The number of phenolic OH excluding ortho intramolecular Hbond substituents is 1. The number of benzene rings is 1. The van der Waals surface area contributed by atoms with Crippen LogP contribution in [0.25, 0.3) is 0 Å². The van der Waals surface area contributed by atoms with Crippen LogP contribution in [0.4, 0.5) is 0 Å². The Morgan fingerprint density at radius 3 is 2.78 bits per heavy atom. The Hall–Kier alpha value is -2.01. The van der Waals surface area contributed by atoms with E-state index >= 15 is 0 Å². The lowest BCUT2D eigenvalue weighted by Crippen LogP contribution is -2.29. The third kappa shape index (κ3) is 4.10. The van der Waals surface area contributed by atoms with Crippen LogP contribution >= 0.6 is 0 Å². The van der Waals surface area contributed by atoms with Crippen LogP contribution in [0.2, 0.25) is 0 Å². The summed E-state index contributed by atoms with van der Waals surface area (Å²) < 4.78 is 4.94. The minimum Gasteiger partial charge on any atom is -0.504 e. The monoisotopic (exact) mass is 251 g/mol. The van der Waals surface area contributed by atoms with Gasteiger partial charge in [-0.15, -0.1) is 6.58 Å². The van der Waals surface area contributed by atoms with Gasteiger partial charge in [-0.2, -0.15) is 0 Å². The van der Waals surface area contributed by atoms with E-state index in [-0.39, 0.29) is 12.3 Å². The highest BCUT2D eigenvalue weighted by molar-refractivity contribution is 5.69. The number of carbonyl (C=O) groups is 1. The van der Waals surface area contributed by atoms with Crippen LogP contribution < -0.4 is 4.74 Å². The van der Waals surface area contributed by atoms with Gasteiger partial charge in [-0.1, -0.05) is 12.1 Å². The Kier molecular flexibility index (Phi) is 5.20. The van der Waals surface area contributed by atoms with Gasteiger partial charge >= 0.3 is 5.97 Å². The van der Waals surface area contributed by atoms with Crippen molar-refractivity contribution in [2.45, 2.75) is 6.54 Å². The second-order valence-corrected chi connectivity index (χ2v) is 3.86. The lowest BCUT2D eigenvalue weighted by Gasteiger charge is -2.18. The van der Waals surface area contributed by atoms with Crippen molar-refractivity contribution in [1.29, 1.82) is 0 Å². The summed E-state index contributed by atoms with van der Waals surface area (Å²) in [5.74, 6) is -0.453. The molecule has 0 bridgehead atoms. The van der Waals surface area contributed by atoms with E-state index in [0.29, 0.717) is 18.8 Å². The molecular formula is C13H17NO4. The maximum atomic E-state index is 10.7. The highest BCUT2D eigenvalue weighted by atomic mass is 16.5. The van der Waals surface area contributed by atoms with Crippen molar-refractivity contribution in [2.75, 3.05) is 20.2 Å². The summed E-state index contributed by atoms with van der Waals surface area (Å²) in [5, 5.41) is 18.4. The molecule has 1 aromatic carbocycles. The quantitative estimate of drug-likeness (QED) is 0.718. The van der Waals surface area contributed by atoms with Crippen molar-refractivity contribution in [1.82, 2.24) is 4.90 Å². The van der Waals surface area contributed by atoms with Crippen molar-refractivity contribution in [3.63, 3.8) is 0 Å². The standard InChI is InChI=1S/C13H17NO4/c1-3-6-14(9-13(16)17)8-10-4-5-12(18-2)11(15)7-10/h3-5,7,15H,1,6,8-9H2,2H3,(H,16,17). The number of ether oxygens (including phenoxy) is 1. The third-order valence-electron chi connectivity index (χ3n) is 2.40. The number of methoxy groups -OCH3 is 1. The average molecular weight is 251 g/mol. The molecular weight excluding hydrogens is 234 g/mol. The van der Waals surface area contributed by atoms with Crippen LogP contribution in [0.15, 0.2) is 30.9 Å². The van der Waals surface area contributed by atoms with Gasteiger partial charge in [-0.25, -0.2) is 0 Å². The van der Waals surface area contributed by atoms with Gasteiger partial charge in [-0.3, -0.25) is 9.69 Å². The fraction of sp³-hybridized carbons (Fsp3) is 0.308. The van der Waals surface area contributed by atoms with E-state index in [2.05, 4.69) is 6.58 Å².